The summed E-state index contributed by atoms with van der Waals surface area (Å²) in [5.74, 6) is -0.709. The second kappa shape index (κ2) is 9.40. The fourth-order valence-corrected chi connectivity index (χ4v) is 5.72. The van der Waals surface area contributed by atoms with E-state index in [1.807, 2.05) is 19.9 Å². The van der Waals surface area contributed by atoms with E-state index in [2.05, 4.69) is 16.5 Å². The van der Waals surface area contributed by atoms with Crippen LogP contribution in [-0.2, 0) is 35.5 Å². The van der Waals surface area contributed by atoms with E-state index in [1.165, 1.54) is 15.8 Å². The van der Waals surface area contributed by atoms with Gasteiger partial charge in [0.2, 0.25) is 5.78 Å². The highest BCUT2D eigenvalue weighted by atomic mass is 32.1. The van der Waals surface area contributed by atoms with E-state index in [9.17, 15) is 14.4 Å². The molecule has 3 heterocycles. The van der Waals surface area contributed by atoms with Gasteiger partial charge in [-0.1, -0.05) is 6.92 Å². The summed E-state index contributed by atoms with van der Waals surface area (Å²) in [7, 11) is 0. The number of carbonyl (C=O) groups is 2. The van der Waals surface area contributed by atoms with Crippen LogP contribution in [0, 0.1) is 13.8 Å². The number of ether oxygens (including phenoxy) is 1. The number of fused-ring (bicyclic) bond motifs is 3. The molecule has 1 aliphatic carbocycles. The lowest BCUT2D eigenvalue weighted by molar-refractivity contribution is -0.142. The van der Waals surface area contributed by atoms with Gasteiger partial charge in [0.15, 0.2) is 6.61 Å². The topological polar surface area (TPSA) is 83.2 Å². The van der Waals surface area contributed by atoms with Crippen LogP contribution in [0.4, 0.5) is 0 Å². The summed E-state index contributed by atoms with van der Waals surface area (Å²) < 4.78 is 8.80. The lowest BCUT2D eigenvalue weighted by Gasteiger charge is -2.10. The predicted molar refractivity (Wildman–Crippen MR) is 125 cm³/mol. The number of hydrogen-bond acceptors (Lipinski definition) is 6. The van der Waals surface area contributed by atoms with Crippen molar-refractivity contribution in [2.24, 2.45) is 0 Å². The van der Waals surface area contributed by atoms with Gasteiger partial charge >= 0.3 is 5.97 Å². The van der Waals surface area contributed by atoms with Gasteiger partial charge in [0, 0.05) is 34.9 Å². The molecule has 0 amide bonds. The van der Waals surface area contributed by atoms with Crippen molar-refractivity contribution in [2.75, 3.05) is 6.61 Å². The lowest BCUT2D eigenvalue weighted by atomic mass is 9.97. The second-order valence-electron chi connectivity index (χ2n) is 8.40. The summed E-state index contributed by atoms with van der Waals surface area (Å²) >= 11 is 1.61. The summed E-state index contributed by atoms with van der Waals surface area (Å²) in [6.45, 7) is 6.72. The Balaban J connectivity index is 1.38. The largest absolute Gasteiger partial charge is 0.457 e. The third kappa shape index (κ3) is 4.28. The Bertz CT molecular complexity index is 1230. The molecular formula is C24H29N3O4S. The van der Waals surface area contributed by atoms with Crippen molar-refractivity contribution in [1.29, 1.82) is 0 Å². The van der Waals surface area contributed by atoms with Crippen LogP contribution in [0.3, 0.4) is 0 Å². The number of aromatic nitrogens is 3. The Morgan fingerprint density at radius 1 is 1.19 bits per heavy atom. The van der Waals surface area contributed by atoms with E-state index < -0.39 is 5.97 Å². The van der Waals surface area contributed by atoms with Crippen molar-refractivity contribution < 1.29 is 14.3 Å². The molecule has 0 spiro atoms. The molecule has 170 valence electrons. The molecule has 0 atom stereocenters. The number of hydrogen-bond donors (Lipinski definition) is 0. The first-order chi connectivity index (χ1) is 15.4. The van der Waals surface area contributed by atoms with E-state index >= 15 is 0 Å². The van der Waals surface area contributed by atoms with E-state index in [0.717, 1.165) is 60.4 Å². The molecular weight excluding hydrogens is 426 g/mol. The fourth-order valence-electron chi connectivity index (χ4n) is 4.50. The zero-order chi connectivity index (χ0) is 22.8. The van der Waals surface area contributed by atoms with Crippen molar-refractivity contribution >= 4 is 33.3 Å². The van der Waals surface area contributed by atoms with Gasteiger partial charge in [0.25, 0.3) is 5.56 Å². The highest BCUT2D eigenvalue weighted by Gasteiger charge is 2.21. The van der Waals surface area contributed by atoms with Gasteiger partial charge < -0.3 is 9.30 Å². The Hall–Kier alpha value is -2.74. The number of thiophene rings is 1. The van der Waals surface area contributed by atoms with Crippen molar-refractivity contribution in [1.82, 2.24) is 14.1 Å². The number of aryl methyl sites for hydroxylation is 4. The monoisotopic (exact) mass is 455 g/mol. The second-order valence-corrected chi connectivity index (χ2v) is 9.49. The number of carbonyl (C=O) groups excluding carboxylic acids is 2. The number of rotatable bonds is 8. The van der Waals surface area contributed by atoms with Crippen molar-refractivity contribution in [3.05, 3.63) is 50.1 Å². The fraction of sp³-hybridized carbons (Fsp3) is 0.500. The first-order valence-corrected chi connectivity index (χ1v) is 12.1. The van der Waals surface area contributed by atoms with Crippen LogP contribution >= 0.6 is 11.3 Å². The molecule has 3 aromatic rings. The molecule has 32 heavy (non-hydrogen) atoms. The minimum Gasteiger partial charge on any atom is -0.457 e. The maximum absolute atomic E-state index is 13.0. The molecule has 0 bridgehead atoms. The Labute approximate surface area is 191 Å². The maximum atomic E-state index is 13.0. The normalized spacial score (nSPS) is 13.3. The smallest absolute Gasteiger partial charge is 0.308 e. The van der Waals surface area contributed by atoms with Crippen LogP contribution in [0.25, 0.3) is 10.2 Å². The molecule has 0 fully saturated rings. The van der Waals surface area contributed by atoms with Crippen LogP contribution in [0.5, 0.6) is 0 Å². The van der Waals surface area contributed by atoms with Gasteiger partial charge in [-0.15, -0.1) is 11.3 Å². The van der Waals surface area contributed by atoms with E-state index in [4.69, 9.17) is 4.74 Å². The summed E-state index contributed by atoms with van der Waals surface area (Å²) in [5, 5.41) is 0.707. The van der Waals surface area contributed by atoms with E-state index in [0.29, 0.717) is 10.9 Å². The first-order valence-electron chi connectivity index (χ1n) is 11.3. The highest BCUT2D eigenvalue weighted by molar-refractivity contribution is 7.18. The van der Waals surface area contributed by atoms with E-state index in [-0.39, 0.29) is 30.9 Å². The zero-order valence-corrected chi connectivity index (χ0v) is 19.7. The number of Topliss-reactive ketones (excluding diaryl/α,β-unsaturated/α-hetero) is 1. The van der Waals surface area contributed by atoms with Crippen molar-refractivity contribution in [3.63, 3.8) is 0 Å². The van der Waals surface area contributed by atoms with Gasteiger partial charge in [-0.3, -0.25) is 19.0 Å². The van der Waals surface area contributed by atoms with Gasteiger partial charge in [0.1, 0.15) is 4.83 Å². The summed E-state index contributed by atoms with van der Waals surface area (Å²) in [6.07, 6.45) is 6.67. The van der Waals surface area contributed by atoms with Gasteiger partial charge in [-0.05, 0) is 57.6 Å². The molecule has 0 radical (unpaired) electrons. The first kappa shape index (κ1) is 22.5. The molecule has 0 aromatic carbocycles. The molecule has 0 saturated carbocycles. The molecule has 0 N–H and O–H groups in total. The number of nitrogens with zero attached hydrogens (tertiary/aromatic N) is 3. The molecule has 8 heteroatoms. The summed E-state index contributed by atoms with van der Waals surface area (Å²) in [5.41, 5.74) is 3.56. The summed E-state index contributed by atoms with van der Waals surface area (Å²) in [4.78, 5) is 44.3. The van der Waals surface area contributed by atoms with Crippen LogP contribution < -0.4 is 5.56 Å². The molecule has 0 unspecified atom stereocenters. The predicted octanol–water partition coefficient (Wildman–Crippen LogP) is 3.98. The lowest BCUT2D eigenvalue weighted by Crippen LogP contribution is -2.23. The van der Waals surface area contributed by atoms with Gasteiger partial charge in [-0.25, -0.2) is 4.98 Å². The molecule has 3 aromatic heterocycles. The molecule has 7 nitrogen and oxygen atoms in total. The maximum Gasteiger partial charge on any atom is 0.308 e. The SMILES string of the molecule is CCCn1c(C)cc(C(=O)COC(=O)CCn2cnc3sc4c(c3c2=O)CCCC4)c1C. The standard InChI is InChI=1S/C24H29N3O4S/c1-4-10-27-15(2)12-18(16(27)3)19(28)13-31-21(29)9-11-26-14-25-23-22(24(26)30)17-7-5-6-8-20(17)32-23/h12,14H,4-11,13H2,1-3H3. The highest BCUT2D eigenvalue weighted by Crippen LogP contribution is 2.33. The third-order valence-electron chi connectivity index (χ3n) is 6.18. The van der Waals surface area contributed by atoms with Crippen LogP contribution in [0.2, 0.25) is 0 Å². The number of ketones is 1. The summed E-state index contributed by atoms with van der Waals surface area (Å²) in [6, 6.07) is 1.85. The van der Waals surface area contributed by atoms with Crippen molar-refractivity contribution in [2.45, 2.75) is 72.4 Å². The Morgan fingerprint density at radius 2 is 1.97 bits per heavy atom. The molecule has 0 saturated heterocycles. The van der Waals surface area contributed by atoms with Crippen LogP contribution in [0.15, 0.2) is 17.2 Å². The Kier molecular flexibility index (Phi) is 6.60. The minimum atomic E-state index is -0.500. The quantitative estimate of drug-likeness (QED) is 0.379. The average Bonchev–Trinajstić information content (AvgIpc) is 3.30. The van der Waals surface area contributed by atoms with E-state index in [1.54, 1.807) is 11.3 Å². The molecule has 1 aliphatic rings. The molecule has 4 rings (SSSR count). The third-order valence-corrected chi connectivity index (χ3v) is 7.38. The van der Waals surface area contributed by atoms with Gasteiger partial charge in [-0.2, -0.15) is 0 Å². The average molecular weight is 456 g/mol. The van der Waals surface area contributed by atoms with Crippen molar-refractivity contribution in [3.8, 4) is 0 Å². The van der Waals surface area contributed by atoms with Crippen LogP contribution in [-0.4, -0.2) is 32.5 Å². The number of esters is 1. The minimum absolute atomic E-state index is 0.0154. The zero-order valence-electron chi connectivity index (χ0n) is 18.9. The van der Waals surface area contributed by atoms with Crippen LogP contribution in [0.1, 0.15) is 64.8 Å². The Morgan fingerprint density at radius 3 is 2.75 bits per heavy atom. The van der Waals surface area contributed by atoms with Gasteiger partial charge in [0.05, 0.1) is 18.1 Å². The molecule has 0 aliphatic heterocycles.